The summed E-state index contributed by atoms with van der Waals surface area (Å²) >= 11 is 4.47. The molecule has 0 saturated heterocycles. The molecule has 0 bridgehead atoms. The number of halogens is 1. The van der Waals surface area contributed by atoms with Gasteiger partial charge in [0, 0.05) is 12.7 Å². The highest BCUT2D eigenvalue weighted by Gasteiger charge is 2.12. The fraction of sp³-hybridized carbons (Fsp3) is 0.333. The van der Waals surface area contributed by atoms with Crippen LogP contribution < -0.4 is 10.4 Å². The molecule has 0 aromatic carbocycles. The zero-order valence-corrected chi connectivity index (χ0v) is 12.1. The zero-order valence-electron chi connectivity index (χ0n) is 9.68. The van der Waals surface area contributed by atoms with Gasteiger partial charge in [0.15, 0.2) is 10.3 Å². The van der Waals surface area contributed by atoms with E-state index in [1.54, 1.807) is 6.20 Å². The number of H-pyrrole nitrogens is 1. The number of rotatable bonds is 4. The summed E-state index contributed by atoms with van der Waals surface area (Å²) in [6.45, 7) is 2.40. The third-order valence-electron chi connectivity index (χ3n) is 2.11. The Morgan fingerprint density at radius 2 is 2.39 bits per heavy atom. The topological polar surface area (TPSA) is 85.7 Å². The van der Waals surface area contributed by atoms with Crippen LogP contribution in [0.25, 0.3) is 0 Å². The number of nitrogens with zero attached hydrogens (tertiary/aromatic N) is 4. The molecule has 1 N–H and O–H groups in total. The molecule has 0 saturated carbocycles. The lowest BCUT2D eigenvalue weighted by Gasteiger charge is -2.04. The molecular formula is C9H10BrN5O2S. The highest BCUT2D eigenvalue weighted by molar-refractivity contribution is 9.10. The Hall–Kier alpha value is -1.35. The van der Waals surface area contributed by atoms with Crippen LogP contribution in [0.3, 0.4) is 0 Å². The molecule has 0 radical (unpaired) electrons. The average Bonchev–Trinajstić information content (AvgIpc) is 2.72. The number of hydrogen-bond acceptors (Lipinski definition) is 6. The second kappa shape index (κ2) is 5.53. The normalized spacial score (nSPS) is 10.6. The molecule has 2 aromatic heterocycles. The molecule has 2 heterocycles. The number of ether oxygens (including phenoxy) is 1. The first-order valence-electron chi connectivity index (χ1n) is 5.05. The monoisotopic (exact) mass is 331 g/mol. The lowest BCUT2D eigenvalue weighted by molar-refractivity contribution is 0.389. The summed E-state index contributed by atoms with van der Waals surface area (Å²) in [5.74, 6) is 0.438. The average molecular weight is 332 g/mol. The van der Waals surface area contributed by atoms with Crippen LogP contribution in [-0.2, 0) is 6.54 Å². The van der Waals surface area contributed by atoms with E-state index < -0.39 is 0 Å². The standard InChI is InChI=1S/C9H10BrN5O2S/c1-3-15-8(16)13-14-9(15)18-7-11-4-5(10)6(12-7)17-2/h4H,3H2,1-2H3,(H,13,16). The third kappa shape index (κ3) is 2.56. The zero-order chi connectivity index (χ0) is 13.1. The van der Waals surface area contributed by atoms with Gasteiger partial charge in [-0.2, -0.15) is 4.98 Å². The van der Waals surface area contributed by atoms with E-state index >= 15 is 0 Å². The molecule has 2 rings (SSSR count). The molecule has 0 unspecified atom stereocenters. The lowest BCUT2D eigenvalue weighted by atomic mass is 10.6. The molecule has 0 aliphatic heterocycles. The molecule has 96 valence electrons. The Labute approximate surface area is 115 Å². The molecular weight excluding hydrogens is 322 g/mol. The van der Waals surface area contributed by atoms with E-state index in [0.29, 0.717) is 27.2 Å². The maximum absolute atomic E-state index is 11.4. The van der Waals surface area contributed by atoms with E-state index in [4.69, 9.17) is 4.74 Å². The molecule has 0 aliphatic carbocycles. The molecule has 18 heavy (non-hydrogen) atoms. The van der Waals surface area contributed by atoms with Crippen molar-refractivity contribution in [1.82, 2.24) is 24.7 Å². The molecule has 0 fully saturated rings. The molecule has 0 spiro atoms. The van der Waals surface area contributed by atoms with Gasteiger partial charge in [0.25, 0.3) is 0 Å². The summed E-state index contributed by atoms with van der Waals surface area (Å²) < 4.78 is 7.25. The maximum Gasteiger partial charge on any atom is 0.343 e. The van der Waals surface area contributed by atoms with E-state index in [-0.39, 0.29) is 5.69 Å². The second-order valence-electron chi connectivity index (χ2n) is 3.17. The van der Waals surface area contributed by atoms with Gasteiger partial charge in [-0.05, 0) is 34.6 Å². The van der Waals surface area contributed by atoms with Crippen molar-refractivity contribution in [2.24, 2.45) is 0 Å². The van der Waals surface area contributed by atoms with Crippen molar-refractivity contribution in [3.63, 3.8) is 0 Å². The van der Waals surface area contributed by atoms with E-state index in [1.165, 1.54) is 23.4 Å². The second-order valence-corrected chi connectivity index (χ2v) is 4.96. The van der Waals surface area contributed by atoms with Crippen LogP contribution in [-0.4, -0.2) is 31.8 Å². The van der Waals surface area contributed by atoms with Gasteiger partial charge in [-0.3, -0.25) is 4.57 Å². The largest absolute Gasteiger partial charge is 0.480 e. The van der Waals surface area contributed by atoms with Crippen molar-refractivity contribution in [2.75, 3.05) is 7.11 Å². The number of methoxy groups -OCH3 is 1. The van der Waals surface area contributed by atoms with Crippen molar-refractivity contribution in [3.8, 4) is 5.88 Å². The van der Waals surface area contributed by atoms with Crippen LogP contribution in [0.4, 0.5) is 0 Å². The Morgan fingerprint density at radius 3 is 3.06 bits per heavy atom. The highest BCUT2D eigenvalue weighted by Crippen LogP contribution is 2.27. The van der Waals surface area contributed by atoms with Crippen LogP contribution in [0.5, 0.6) is 5.88 Å². The highest BCUT2D eigenvalue weighted by atomic mass is 79.9. The van der Waals surface area contributed by atoms with Gasteiger partial charge in [-0.25, -0.2) is 14.9 Å². The molecule has 7 nitrogen and oxygen atoms in total. The predicted octanol–water partition coefficient (Wildman–Crippen LogP) is 1.30. The van der Waals surface area contributed by atoms with E-state index in [9.17, 15) is 4.79 Å². The fourth-order valence-electron chi connectivity index (χ4n) is 1.27. The van der Waals surface area contributed by atoms with E-state index in [2.05, 4.69) is 36.1 Å². The molecule has 2 aromatic rings. The van der Waals surface area contributed by atoms with Crippen molar-refractivity contribution in [2.45, 2.75) is 23.8 Å². The quantitative estimate of drug-likeness (QED) is 0.850. The van der Waals surface area contributed by atoms with Crippen LogP contribution in [0, 0.1) is 0 Å². The van der Waals surface area contributed by atoms with Crippen molar-refractivity contribution in [3.05, 3.63) is 21.2 Å². The van der Waals surface area contributed by atoms with Crippen LogP contribution in [0.1, 0.15) is 6.92 Å². The molecule has 9 heteroatoms. The Bertz CT molecular complexity index is 611. The van der Waals surface area contributed by atoms with Gasteiger partial charge in [0.05, 0.1) is 11.6 Å². The van der Waals surface area contributed by atoms with Gasteiger partial charge in [0.1, 0.15) is 0 Å². The first-order valence-corrected chi connectivity index (χ1v) is 6.66. The Morgan fingerprint density at radius 1 is 1.61 bits per heavy atom. The summed E-state index contributed by atoms with van der Waals surface area (Å²) in [4.78, 5) is 19.7. The summed E-state index contributed by atoms with van der Waals surface area (Å²) in [6.07, 6.45) is 1.59. The minimum absolute atomic E-state index is 0.246. The molecule has 0 aliphatic rings. The minimum Gasteiger partial charge on any atom is -0.480 e. The van der Waals surface area contributed by atoms with E-state index in [0.717, 1.165) is 0 Å². The Balaban J connectivity index is 2.31. The van der Waals surface area contributed by atoms with Gasteiger partial charge in [-0.1, -0.05) is 0 Å². The van der Waals surface area contributed by atoms with Crippen LogP contribution in [0.15, 0.2) is 25.8 Å². The fourth-order valence-corrected chi connectivity index (χ4v) is 2.43. The predicted molar refractivity (Wildman–Crippen MR) is 68.9 cm³/mol. The van der Waals surface area contributed by atoms with Crippen LogP contribution in [0.2, 0.25) is 0 Å². The molecule has 0 amide bonds. The first kappa shape index (κ1) is 13.1. The first-order chi connectivity index (χ1) is 8.65. The number of nitrogens with one attached hydrogen (secondary N) is 1. The summed E-state index contributed by atoms with van der Waals surface area (Å²) in [6, 6.07) is 0. The third-order valence-corrected chi connectivity index (χ3v) is 3.52. The summed E-state index contributed by atoms with van der Waals surface area (Å²) in [5, 5.41) is 7.29. The van der Waals surface area contributed by atoms with Gasteiger partial charge >= 0.3 is 5.69 Å². The Kier molecular flexibility index (Phi) is 4.02. The smallest absolute Gasteiger partial charge is 0.343 e. The van der Waals surface area contributed by atoms with Crippen molar-refractivity contribution in [1.29, 1.82) is 0 Å². The minimum atomic E-state index is -0.246. The SMILES string of the molecule is CCn1c(Sc2ncc(Br)c(OC)n2)n[nH]c1=O. The van der Waals surface area contributed by atoms with Gasteiger partial charge < -0.3 is 4.74 Å². The number of hydrogen-bond donors (Lipinski definition) is 1. The lowest BCUT2D eigenvalue weighted by Crippen LogP contribution is -2.16. The number of aromatic nitrogens is 5. The molecule has 0 atom stereocenters. The van der Waals surface area contributed by atoms with E-state index in [1.807, 2.05) is 6.92 Å². The summed E-state index contributed by atoms with van der Waals surface area (Å²) in [5.41, 5.74) is -0.246. The van der Waals surface area contributed by atoms with Crippen molar-refractivity contribution < 1.29 is 4.74 Å². The van der Waals surface area contributed by atoms with Gasteiger partial charge in [-0.15, -0.1) is 5.10 Å². The van der Waals surface area contributed by atoms with Crippen LogP contribution >= 0.6 is 27.7 Å². The summed E-state index contributed by atoms with van der Waals surface area (Å²) in [7, 11) is 1.53. The number of aromatic amines is 1. The van der Waals surface area contributed by atoms with Crippen molar-refractivity contribution >= 4 is 27.7 Å². The maximum atomic E-state index is 11.4. The van der Waals surface area contributed by atoms with Gasteiger partial charge in [0.2, 0.25) is 5.88 Å².